The van der Waals surface area contributed by atoms with Gasteiger partial charge >= 0.3 is 0 Å². The lowest BCUT2D eigenvalue weighted by Crippen LogP contribution is -2.61. The van der Waals surface area contributed by atoms with Crippen LogP contribution in [0.15, 0.2) is 12.3 Å². The molecule has 0 aliphatic heterocycles. The molecule has 2 N–H and O–H groups in total. The van der Waals surface area contributed by atoms with E-state index in [1.807, 2.05) is 33.8 Å². The highest BCUT2D eigenvalue weighted by molar-refractivity contribution is 5.95. The van der Waals surface area contributed by atoms with Crippen LogP contribution in [0.25, 0.3) is 5.65 Å². The Bertz CT molecular complexity index is 720. The number of aliphatic hydroxyl groups excluding tert-OH is 1. The summed E-state index contributed by atoms with van der Waals surface area (Å²) in [6.07, 6.45) is 1.82. The average Bonchev–Trinajstić information content (AvgIpc) is 2.80. The summed E-state index contributed by atoms with van der Waals surface area (Å²) in [7, 11) is 0. The summed E-state index contributed by atoms with van der Waals surface area (Å²) in [5.41, 5.74) is 2.60. The minimum atomic E-state index is -0.363. The molecule has 1 saturated carbocycles. The van der Waals surface area contributed by atoms with Crippen LogP contribution in [0.4, 0.5) is 0 Å². The van der Waals surface area contributed by atoms with Crippen molar-refractivity contribution in [1.29, 1.82) is 0 Å². The lowest BCUT2D eigenvalue weighted by Gasteiger charge is -2.49. The first-order chi connectivity index (χ1) is 9.80. The summed E-state index contributed by atoms with van der Waals surface area (Å²) < 4.78 is 1.69. The zero-order valence-electron chi connectivity index (χ0n) is 12.7. The van der Waals surface area contributed by atoms with E-state index in [4.69, 9.17) is 0 Å². The van der Waals surface area contributed by atoms with E-state index in [0.717, 1.165) is 17.0 Å². The van der Waals surface area contributed by atoms with Gasteiger partial charge in [-0.05, 0) is 20.3 Å². The second-order valence-electron chi connectivity index (χ2n) is 6.41. The lowest BCUT2D eigenvalue weighted by atomic mass is 9.64. The molecule has 112 valence electrons. The Balaban J connectivity index is 1.87. The van der Waals surface area contributed by atoms with Crippen LogP contribution in [0.5, 0.6) is 0 Å². The predicted octanol–water partition coefficient (Wildman–Crippen LogP) is 1.24. The van der Waals surface area contributed by atoms with Gasteiger partial charge in [0.05, 0.1) is 23.1 Å². The first kappa shape index (κ1) is 14.0. The third-order valence-electron chi connectivity index (χ3n) is 4.61. The van der Waals surface area contributed by atoms with E-state index in [-0.39, 0.29) is 23.5 Å². The molecular weight excluding hydrogens is 268 g/mol. The number of fused-ring (bicyclic) bond motifs is 1. The van der Waals surface area contributed by atoms with E-state index in [9.17, 15) is 9.90 Å². The van der Waals surface area contributed by atoms with Crippen molar-refractivity contribution in [3.8, 4) is 0 Å². The zero-order valence-corrected chi connectivity index (χ0v) is 12.7. The SMILES string of the molecule is Cc1cc2ncc(C(=O)NC3CC(O)C3(C)C)c(C)n2n1. The van der Waals surface area contributed by atoms with Crippen molar-refractivity contribution in [3.05, 3.63) is 29.2 Å². The number of carbonyl (C=O) groups is 1. The minimum absolute atomic E-state index is 0.0190. The van der Waals surface area contributed by atoms with Crippen LogP contribution in [0, 0.1) is 19.3 Å². The van der Waals surface area contributed by atoms with Crippen molar-refractivity contribution in [2.24, 2.45) is 5.41 Å². The molecule has 0 radical (unpaired) electrons. The van der Waals surface area contributed by atoms with Gasteiger partial charge in [-0.1, -0.05) is 13.8 Å². The molecule has 2 aromatic rings. The molecule has 1 amide bonds. The molecule has 0 spiro atoms. The van der Waals surface area contributed by atoms with Crippen molar-refractivity contribution in [2.75, 3.05) is 0 Å². The maximum absolute atomic E-state index is 12.4. The van der Waals surface area contributed by atoms with Gasteiger partial charge in [-0.2, -0.15) is 5.10 Å². The quantitative estimate of drug-likeness (QED) is 0.871. The number of rotatable bonds is 2. The van der Waals surface area contributed by atoms with Gasteiger partial charge in [0, 0.05) is 23.7 Å². The molecule has 2 aromatic heterocycles. The molecule has 21 heavy (non-hydrogen) atoms. The third kappa shape index (κ3) is 2.10. The van der Waals surface area contributed by atoms with Crippen LogP contribution >= 0.6 is 0 Å². The maximum atomic E-state index is 12.4. The van der Waals surface area contributed by atoms with Gasteiger partial charge in [0.25, 0.3) is 5.91 Å². The number of aryl methyl sites for hydroxylation is 2. The molecule has 2 unspecified atom stereocenters. The Morgan fingerprint density at radius 3 is 2.81 bits per heavy atom. The Hall–Kier alpha value is -1.95. The van der Waals surface area contributed by atoms with Gasteiger partial charge in [-0.3, -0.25) is 4.79 Å². The van der Waals surface area contributed by atoms with E-state index in [1.165, 1.54) is 0 Å². The molecule has 0 saturated heterocycles. The second kappa shape index (κ2) is 4.53. The van der Waals surface area contributed by atoms with Crippen molar-refractivity contribution in [2.45, 2.75) is 46.3 Å². The predicted molar refractivity (Wildman–Crippen MR) is 78.1 cm³/mol. The molecule has 0 aromatic carbocycles. The summed E-state index contributed by atoms with van der Waals surface area (Å²) in [5.74, 6) is -0.167. The first-order valence-electron chi connectivity index (χ1n) is 7.11. The van der Waals surface area contributed by atoms with Crippen molar-refractivity contribution >= 4 is 11.6 Å². The number of hydrogen-bond acceptors (Lipinski definition) is 4. The van der Waals surface area contributed by atoms with Crippen molar-refractivity contribution < 1.29 is 9.90 Å². The number of carbonyl (C=O) groups excluding carboxylic acids is 1. The molecule has 6 nitrogen and oxygen atoms in total. The number of aromatic nitrogens is 3. The van der Waals surface area contributed by atoms with Gasteiger partial charge in [0.1, 0.15) is 0 Å². The lowest BCUT2D eigenvalue weighted by molar-refractivity contribution is -0.0689. The van der Waals surface area contributed by atoms with Gasteiger partial charge in [0.2, 0.25) is 0 Å². The Morgan fingerprint density at radius 1 is 1.48 bits per heavy atom. The van der Waals surface area contributed by atoms with E-state index >= 15 is 0 Å². The molecule has 2 heterocycles. The first-order valence-corrected chi connectivity index (χ1v) is 7.11. The van der Waals surface area contributed by atoms with Crippen LogP contribution in [-0.4, -0.2) is 37.8 Å². The molecule has 1 aliphatic carbocycles. The molecule has 6 heteroatoms. The number of amides is 1. The van der Waals surface area contributed by atoms with E-state index in [1.54, 1.807) is 10.7 Å². The average molecular weight is 288 g/mol. The van der Waals surface area contributed by atoms with Crippen LogP contribution < -0.4 is 5.32 Å². The largest absolute Gasteiger partial charge is 0.392 e. The number of aliphatic hydroxyl groups is 1. The summed E-state index contributed by atoms with van der Waals surface area (Å²) in [5, 5.41) is 17.1. The molecule has 3 rings (SSSR count). The fourth-order valence-corrected chi connectivity index (χ4v) is 2.77. The highest BCUT2D eigenvalue weighted by Gasteiger charge is 2.48. The Labute approximate surface area is 123 Å². The smallest absolute Gasteiger partial charge is 0.254 e. The number of hydrogen-bond donors (Lipinski definition) is 2. The van der Waals surface area contributed by atoms with Crippen LogP contribution in [0.1, 0.15) is 42.0 Å². The van der Waals surface area contributed by atoms with Gasteiger partial charge < -0.3 is 10.4 Å². The van der Waals surface area contributed by atoms with Gasteiger partial charge in [0.15, 0.2) is 5.65 Å². The Kier molecular flexibility index (Phi) is 3.02. The fourth-order valence-electron chi connectivity index (χ4n) is 2.77. The fraction of sp³-hybridized carbons (Fsp3) is 0.533. The van der Waals surface area contributed by atoms with Crippen LogP contribution in [-0.2, 0) is 0 Å². The highest BCUT2D eigenvalue weighted by atomic mass is 16.3. The monoisotopic (exact) mass is 288 g/mol. The standard InChI is InChI=1S/C15H20N4O2/c1-8-5-13-16-7-10(9(2)19(13)18-8)14(21)17-11-6-12(20)15(11,3)4/h5,7,11-12,20H,6H2,1-4H3,(H,17,21). The minimum Gasteiger partial charge on any atom is -0.392 e. The van der Waals surface area contributed by atoms with E-state index in [0.29, 0.717) is 12.0 Å². The Morgan fingerprint density at radius 2 is 2.19 bits per heavy atom. The molecule has 1 fully saturated rings. The molecule has 2 atom stereocenters. The molecule has 1 aliphatic rings. The number of nitrogens with zero attached hydrogens (tertiary/aromatic N) is 3. The summed E-state index contributed by atoms with van der Waals surface area (Å²) in [4.78, 5) is 16.7. The zero-order chi connectivity index (χ0) is 15.4. The van der Waals surface area contributed by atoms with Crippen molar-refractivity contribution in [3.63, 3.8) is 0 Å². The number of nitrogens with one attached hydrogen (secondary N) is 1. The van der Waals surface area contributed by atoms with Crippen LogP contribution in [0.3, 0.4) is 0 Å². The maximum Gasteiger partial charge on any atom is 0.254 e. The van der Waals surface area contributed by atoms with Gasteiger partial charge in [-0.15, -0.1) is 0 Å². The topological polar surface area (TPSA) is 79.5 Å². The summed E-state index contributed by atoms with van der Waals surface area (Å²) >= 11 is 0. The van der Waals surface area contributed by atoms with E-state index < -0.39 is 0 Å². The normalized spacial score (nSPS) is 23.9. The van der Waals surface area contributed by atoms with Gasteiger partial charge in [-0.25, -0.2) is 9.50 Å². The molecular formula is C15H20N4O2. The van der Waals surface area contributed by atoms with E-state index in [2.05, 4.69) is 15.4 Å². The highest BCUT2D eigenvalue weighted by Crippen LogP contribution is 2.40. The second-order valence-corrected chi connectivity index (χ2v) is 6.41. The summed E-state index contributed by atoms with van der Waals surface area (Å²) in [6, 6.07) is 1.86. The third-order valence-corrected chi connectivity index (χ3v) is 4.61. The van der Waals surface area contributed by atoms with Crippen molar-refractivity contribution in [1.82, 2.24) is 19.9 Å². The van der Waals surface area contributed by atoms with Crippen LogP contribution in [0.2, 0.25) is 0 Å². The summed E-state index contributed by atoms with van der Waals surface area (Å²) in [6.45, 7) is 7.66. The molecule has 0 bridgehead atoms.